The molecule has 2 aromatic heterocycles. The second-order valence-electron chi connectivity index (χ2n) is 4.46. The predicted octanol–water partition coefficient (Wildman–Crippen LogP) is 1.05. The summed E-state index contributed by atoms with van der Waals surface area (Å²) in [7, 11) is 2.00. The van der Waals surface area contributed by atoms with E-state index in [2.05, 4.69) is 15.0 Å². The topological polar surface area (TPSA) is 67.9 Å². The van der Waals surface area contributed by atoms with Crippen LogP contribution in [0.1, 0.15) is 11.1 Å². The molecule has 0 saturated heterocycles. The maximum atomic E-state index is 5.50. The van der Waals surface area contributed by atoms with Crippen molar-refractivity contribution in [2.45, 2.75) is 12.8 Å². The van der Waals surface area contributed by atoms with Crippen LogP contribution in [0.4, 0.5) is 5.95 Å². The molecule has 19 heavy (non-hydrogen) atoms. The highest BCUT2D eigenvalue weighted by atomic mass is 15.2. The molecule has 0 spiro atoms. The molecule has 0 aliphatic rings. The molecule has 0 saturated carbocycles. The summed E-state index contributed by atoms with van der Waals surface area (Å²) in [5.74, 6) is 0.745. The Bertz CT molecular complexity index is 483. The van der Waals surface area contributed by atoms with Crippen LogP contribution in [0.25, 0.3) is 0 Å². The van der Waals surface area contributed by atoms with E-state index in [-0.39, 0.29) is 0 Å². The Morgan fingerprint density at radius 2 is 1.74 bits per heavy atom. The lowest BCUT2D eigenvalue weighted by Gasteiger charge is -2.16. The Morgan fingerprint density at radius 3 is 2.37 bits per heavy atom. The molecule has 0 amide bonds. The summed E-state index contributed by atoms with van der Waals surface area (Å²) in [6, 6.07) is 4.05. The second-order valence-corrected chi connectivity index (χ2v) is 4.46. The highest BCUT2D eigenvalue weighted by molar-refractivity contribution is 5.29. The number of rotatable bonds is 6. The minimum absolute atomic E-state index is 0.626. The molecule has 2 rings (SSSR count). The molecule has 5 heteroatoms. The highest BCUT2D eigenvalue weighted by Crippen LogP contribution is 2.07. The fourth-order valence-corrected chi connectivity index (χ4v) is 1.79. The lowest BCUT2D eigenvalue weighted by Crippen LogP contribution is -2.22. The quantitative estimate of drug-likeness (QED) is 0.838. The van der Waals surface area contributed by atoms with Crippen LogP contribution in [-0.4, -0.2) is 35.1 Å². The second kappa shape index (κ2) is 6.80. The van der Waals surface area contributed by atoms with Gasteiger partial charge in [0.05, 0.1) is 0 Å². The van der Waals surface area contributed by atoms with Gasteiger partial charge in [-0.25, -0.2) is 9.97 Å². The minimum atomic E-state index is 0.626. The van der Waals surface area contributed by atoms with Gasteiger partial charge in [-0.15, -0.1) is 0 Å². The third-order valence-corrected chi connectivity index (χ3v) is 2.95. The van der Waals surface area contributed by atoms with Gasteiger partial charge >= 0.3 is 0 Å². The van der Waals surface area contributed by atoms with Crippen molar-refractivity contribution < 1.29 is 0 Å². The van der Waals surface area contributed by atoms with E-state index in [1.807, 2.05) is 48.9 Å². The van der Waals surface area contributed by atoms with E-state index in [9.17, 15) is 0 Å². The summed E-state index contributed by atoms with van der Waals surface area (Å²) in [4.78, 5) is 14.8. The molecule has 0 unspecified atom stereocenters. The number of nitrogens with two attached hydrogens (primary N) is 1. The van der Waals surface area contributed by atoms with Crippen molar-refractivity contribution in [2.24, 2.45) is 5.73 Å². The van der Waals surface area contributed by atoms with Gasteiger partial charge in [0.2, 0.25) is 5.95 Å². The van der Waals surface area contributed by atoms with Crippen LogP contribution >= 0.6 is 0 Å². The number of nitrogens with zero attached hydrogens (tertiary/aromatic N) is 4. The molecular formula is C14H19N5. The molecule has 0 radical (unpaired) electrons. The molecule has 2 N–H and O–H groups in total. The van der Waals surface area contributed by atoms with Crippen molar-refractivity contribution >= 4 is 5.95 Å². The molecule has 2 heterocycles. The third-order valence-electron chi connectivity index (χ3n) is 2.95. The number of hydrogen-bond acceptors (Lipinski definition) is 5. The van der Waals surface area contributed by atoms with E-state index in [0.29, 0.717) is 6.54 Å². The van der Waals surface area contributed by atoms with E-state index in [4.69, 9.17) is 5.73 Å². The van der Waals surface area contributed by atoms with Crippen LogP contribution in [0.2, 0.25) is 0 Å². The van der Waals surface area contributed by atoms with Crippen LogP contribution in [0, 0.1) is 0 Å². The molecule has 0 fully saturated rings. The van der Waals surface area contributed by atoms with Gasteiger partial charge in [0.15, 0.2) is 0 Å². The van der Waals surface area contributed by atoms with Crippen LogP contribution in [0.15, 0.2) is 36.9 Å². The predicted molar refractivity (Wildman–Crippen MR) is 76.0 cm³/mol. The minimum Gasteiger partial charge on any atom is -0.344 e. The molecular weight excluding hydrogens is 238 g/mol. The normalized spacial score (nSPS) is 10.4. The zero-order chi connectivity index (χ0) is 13.5. The van der Waals surface area contributed by atoms with E-state index in [0.717, 1.165) is 30.9 Å². The number of aromatic nitrogens is 3. The SMILES string of the molecule is CN(CCc1ccncc1)c1ncc(CCN)cn1. The first kappa shape index (κ1) is 13.4. The Kier molecular flexibility index (Phi) is 4.80. The van der Waals surface area contributed by atoms with E-state index in [1.165, 1.54) is 5.56 Å². The maximum absolute atomic E-state index is 5.50. The Hall–Kier alpha value is -2.01. The van der Waals surface area contributed by atoms with Gasteiger partial charge in [0.25, 0.3) is 0 Å². The summed E-state index contributed by atoms with van der Waals surface area (Å²) < 4.78 is 0. The van der Waals surface area contributed by atoms with Gasteiger partial charge in [0, 0.05) is 38.4 Å². The van der Waals surface area contributed by atoms with Crippen molar-refractivity contribution in [3.8, 4) is 0 Å². The lowest BCUT2D eigenvalue weighted by atomic mass is 10.2. The fourth-order valence-electron chi connectivity index (χ4n) is 1.79. The summed E-state index contributed by atoms with van der Waals surface area (Å²) in [5, 5.41) is 0. The maximum Gasteiger partial charge on any atom is 0.225 e. The first-order valence-electron chi connectivity index (χ1n) is 6.40. The molecule has 100 valence electrons. The zero-order valence-corrected chi connectivity index (χ0v) is 11.2. The van der Waals surface area contributed by atoms with Gasteiger partial charge in [-0.2, -0.15) is 0 Å². The van der Waals surface area contributed by atoms with Crippen molar-refractivity contribution in [3.05, 3.63) is 48.0 Å². The van der Waals surface area contributed by atoms with E-state index < -0.39 is 0 Å². The van der Waals surface area contributed by atoms with Gasteiger partial charge in [-0.05, 0) is 42.6 Å². The van der Waals surface area contributed by atoms with Gasteiger partial charge < -0.3 is 10.6 Å². The van der Waals surface area contributed by atoms with Crippen LogP contribution in [0.5, 0.6) is 0 Å². The van der Waals surface area contributed by atoms with E-state index >= 15 is 0 Å². The number of hydrogen-bond donors (Lipinski definition) is 1. The average molecular weight is 257 g/mol. The smallest absolute Gasteiger partial charge is 0.225 e. The lowest BCUT2D eigenvalue weighted by molar-refractivity contribution is 0.829. The third kappa shape index (κ3) is 3.99. The van der Waals surface area contributed by atoms with Crippen LogP contribution < -0.4 is 10.6 Å². The molecule has 0 atom stereocenters. The zero-order valence-electron chi connectivity index (χ0n) is 11.2. The van der Waals surface area contributed by atoms with Gasteiger partial charge in [-0.1, -0.05) is 0 Å². The molecule has 0 bridgehead atoms. The number of pyridine rings is 1. The summed E-state index contributed by atoms with van der Waals surface area (Å²) in [5.41, 5.74) is 7.84. The molecule has 0 aromatic carbocycles. The summed E-state index contributed by atoms with van der Waals surface area (Å²) >= 11 is 0. The first-order chi connectivity index (χ1) is 9.29. The van der Waals surface area contributed by atoms with Crippen molar-refractivity contribution in [3.63, 3.8) is 0 Å². The van der Waals surface area contributed by atoms with Crippen LogP contribution in [-0.2, 0) is 12.8 Å². The van der Waals surface area contributed by atoms with E-state index in [1.54, 1.807) is 0 Å². The average Bonchev–Trinajstić information content (AvgIpc) is 2.47. The highest BCUT2D eigenvalue weighted by Gasteiger charge is 2.04. The monoisotopic (exact) mass is 257 g/mol. The summed E-state index contributed by atoms with van der Waals surface area (Å²) in [6.07, 6.45) is 9.09. The van der Waals surface area contributed by atoms with Gasteiger partial charge in [-0.3, -0.25) is 4.98 Å². The Labute approximate surface area is 113 Å². The fraction of sp³-hybridized carbons (Fsp3) is 0.357. The molecule has 0 aliphatic carbocycles. The first-order valence-corrected chi connectivity index (χ1v) is 6.40. The van der Waals surface area contributed by atoms with Crippen molar-refractivity contribution in [2.75, 3.05) is 25.0 Å². The Morgan fingerprint density at radius 1 is 1.05 bits per heavy atom. The number of anilines is 1. The van der Waals surface area contributed by atoms with Crippen molar-refractivity contribution in [1.29, 1.82) is 0 Å². The largest absolute Gasteiger partial charge is 0.344 e. The van der Waals surface area contributed by atoms with Crippen molar-refractivity contribution in [1.82, 2.24) is 15.0 Å². The molecule has 2 aromatic rings. The Balaban J connectivity index is 1.90. The van der Waals surface area contributed by atoms with Gasteiger partial charge in [0.1, 0.15) is 0 Å². The summed E-state index contributed by atoms with van der Waals surface area (Å²) in [6.45, 7) is 1.50. The number of likely N-dealkylation sites (N-methyl/N-ethyl adjacent to an activating group) is 1. The molecule has 0 aliphatic heterocycles. The molecule has 5 nitrogen and oxygen atoms in total. The van der Waals surface area contributed by atoms with Crippen LogP contribution in [0.3, 0.4) is 0 Å². The standard InChI is InChI=1S/C14H19N5/c1-19(9-5-12-3-7-16-8-4-12)14-17-10-13(2-6-15)11-18-14/h3-4,7-8,10-11H,2,5-6,9,15H2,1H3.